The van der Waals surface area contributed by atoms with Crippen molar-refractivity contribution in [1.29, 1.82) is 0 Å². The maximum Gasteiger partial charge on any atom is 0.170 e. The Hall–Kier alpha value is -2.63. The van der Waals surface area contributed by atoms with Gasteiger partial charge in [-0.2, -0.15) is 0 Å². The summed E-state index contributed by atoms with van der Waals surface area (Å²) in [6, 6.07) is 14.9. The first-order valence-corrected chi connectivity index (χ1v) is 7.93. The fourth-order valence-corrected chi connectivity index (χ4v) is 2.72. The molecule has 0 spiro atoms. The Balaban J connectivity index is 1.77. The van der Waals surface area contributed by atoms with Crippen molar-refractivity contribution < 1.29 is 0 Å². The number of hydrogen-bond donors (Lipinski definition) is 1. The number of nitrogens with one attached hydrogen (secondary N) is 1. The molecule has 0 aliphatic rings. The lowest BCUT2D eigenvalue weighted by Gasteiger charge is -2.07. The molecule has 4 rings (SSSR count). The second kappa shape index (κ2) is 6.11. The van der Waals surface area contributed by atoms with E-state index in [-0.39, 0.29) is 0 Å². The van der Waals surface area contributed by atoms with Gasteiger partial charge >= 0.3 is 0 Å². The lowest BCUT2D eigenvalue weighted by Crippen LogP contribution is -1.98. The highest BCUT2D eigenvalue weighted by Crippen LogP contribution is 2.25. The van der Waals surface area contributed by atoms with Crippen molar-refractivity contribution in [3.8, 4) is 5.69 Å². The second-order valence-electron chi connectivity index (χ2n) is 5.12. The van der Waals surface area contributed by atoms with Crippen molar-refractivity contribution in [3.05, 3.63) is 71.2 Å². The fraction of sp³-hybridized carbons (Fsp3) is 0. The molecule has 0 fully saturated rings. The van der Waals surface area contributed by atoms with Crippen LogP contribution in [0.15, 0.2) is 61.2 Å². The summed E-state index contributed by atoms with van der Waals surface area (Å²) in [6.07, 6.45) is 3.21. The number of aromatic nitrogens is 4. The molecule has 5 nitrogen and oxygen atoms in total. The molecule has 2 aromatic heterocycles. The molecule has 2 aromatic carbocycles. The quantitative estimate of drug-likeness (QED) is 0.569. The highest BCUT2D eigenvalue weighted by Gasteiger charge is 2.11. The number of rotatable bonds is 3. The Labute approximate surface area is 147 Å². The van der Waals surface area contributed by atoms with Crippen LogP contribution in [0.4, 0.5) is 11.5 Å². The number of nitrogens with zero attached hydrogens (tertiary/aromatic N) is 4. The van der Waals surface area contributed by atoms with E-state index in [0.29, 0.717) is 27.0 Å². The summed E-state index contributed by atoms with van der Waals surface area (Å²) in [5, 5.41) is 4.57. The summed E-state index contributed by atoms with van der Waals surface area (Å²) in [7, 11) is 0. The molecule has 0 saturated carbocycles. The average Bonchev–Trinajstić information content (AvgIpc) is 3.02. The SMILES string of the molecule is Clc1ccc(Nc2ncnc3c2ncn3-c2cccc(Cl)c2)cc1. The number of halogens is 2. The predicted molar refractivity (Wildman–Crippen MR) is 96.4 cm³/mol. The zero-order valence-corrected chi connectivity index (χ0v) is 13.8. The van der Waals surface area contributed by atoms with Gasteiger partial charge in [0.25, 0.3) is 0 Å². The first kappa shape index (κ1) is 14.9. The molecule has 0 bridgehead atoms. The largest absolute Gasteiger partial charge is 0.338 e. The van der Waals surface area contributed by atoms with Gasteiger partial charge in [0.2, 0.25) is 0 Å². The van der Waals surface area contributed by atoms with E-state index in [9.17, 15) is 0 Å². The summed E-state index contributed by atoms with van der Waals surface area (Å²) in [6.45, 7) is 0. The van der Waals surface area contributed by atoms with Crippen LogP contribution < -0.4 is 5.32 Å². The van der Waals surface area contributed by atoms with Crippen molar-refractivity contribution >= 4 is 45.9 Å². The van der Waals surface area contributed by atoms with Crippen LogP contribution in [0, 0.1) is 0 Å². The van der Waals surface area contributed by atoms with Gasteiger partial charge in [0.15, 0.2) is 17.0 Å². The molecule has 24 heavy (non-hydrogen) atoms. The Morgan fingerprint density at radius 2 is 1.71 bits per heavy atom. The molecule has 0 atom stereocenters. The van der Waals surface area contributed by atoms with Crippen LogP contribution in [-0.4, -0.2) is 19.5 Å². The topological polar surface area (TPSA) is 55.6 Å². The van der Waals surface area contributed by atoms with Crippen LogP contribution >= 0.6 is 23.2 Å². The zero-order chi connectivity index (χ0) is 16.5. The Morgan fingerprint density at radius 3 is 2.50 bits per heavy atom. The monoisotopic (exact) mass is 355 g/mol. The smallest absolute Gasteiger partial charge is 0.170 e. The molecule has 0 aliphatic carbocycles. The van der Waals surface area contributed by atoms with E-state index in [1.165, 1.54) is 6.33 Å². The third-order valence-electron chi connectivity index (χ3n) is 3.53. The molecule has 7 heteroatoms. The maximum atomic E-state index is 6.07. The molecule has 4 aromatic rings. The molecule has 0 radical (unpaired) electrons. The molecular weight excluding hydrogens is 345 g/mol. The standard InChI is InChI=1S/C17H11Cl2N5/c18-11-4-6-13(7-5-11)23-16-15-17(21-9-20-16)24(10-22-15)14-3-1-2-12(19)8-14/h1-10H,(H,20,21,23). The molecule has 2 heterocycles. The molecule has 0 amide bonds. The molecular formula is C17H11Cl2N5. The number of hydrogen-bond acceptors (Lipinski definition) is 4. The summed E-state index contributed by atoms with van der Waals surface area (Å²) >= 11 is 12.0. The third-order valence-corrected chi connectivity index (χ3v) is 4.01. The van der Waals surface area contributed by atoms with E-state index >= 15 is 0 Å². The van der Waals surface area contributed by atoms with Gasteiger partial charge in [-0.3, -0.25) is 4.57 Å². The van der Waals surface area contributed by atoms with E-state index in [2.05, 4.69) is 20.3 Å². The van der Waals surface area contributed by atoms with E-state index in [1.807, 2.05) is 53.1 Å². The van der Waals surface area contributed by atoms with Gasteiger partial charge < -0.3 is 5.32 Å². The lowest BCUT2D eigenvalue weighted by molar-refractivity contribution is 1.06. The number of anilines is 2. The van der Waals surface area contributed by atoms with Crippen molar-refractivity contribution in [2.45, 2.75) is 0 Å². The van der Waals surface area contributed by atoms with Gasteiger partial charge in [0, 0.05) is 15.7 Å². The van der Waals surface area contributed by atoms with Crippen molar-refractivity contribution in [1.82, 2.24) is 19.5 Å². The predicted octanol–water partition coefficient (Wildman–Crippen LogP) is 4.87. The van der Waals surface area contributed by atoms with E-state index < -0.39 is 0 Å². The third kappa shape index (κ3) is 2.79. The van der Waals surface area contributed by atoms with Gasteiger partial charge in [0.1, 0.15) is 12.7 Å². The highest BCUT2D eigenvalue weighted by atomic mass is 35.5. The van der Waals surface area contributed by atoms with Crippen LogP contribution in [-0.2, 0) is 0 Å². The fourth-order valence-electron chi connectivity index (χ4n) is 2.41. The second-order valence-corrected chi connectivity index (χ2v) is 5.99. The molecule has 0 aliphatic heterocycles. The number of imidazole rings is 1. The zero-order valence-electron chi connectivity index (χ0n) is 12.3. The molecule has 1 N–H and O–H groups in total. The number of benzene rings is 2. The number of fused-ring (bicyclic) bond motifs is 1. The van der Waals surface area contributed by atoms with Gasteiger partial charge in [-0.1, -0.05) is 29.3 Å². The average molecular weight is 356 g/mol. The van der Waals surface area contributed by atoms with E-state index in [1.54, 1.807) is 6.33 Å². The molecule has 0 saturated heterocycles. The Kier molecular flexibility index (Phi) is 3.80. The molecule has 0 unspecified atom stereocenters. The van der Waals surface area contributed by atoms with Crippen LogP contribution in [0.2, 0.25) is 10.0 Å². The first-order chi connectivity index (χ1) is 11.7. The van der Waals surface area contributed by atoms with Crippen LogP contribution in [0.3, 0.4) is 0 Å². The normalized spacial score (nSPS) is 10.9. The summed E-state index contributed by atoms with van der Waals surface area (Å²) in [4.78, 5) is 13.1. The highest BCUT2D eigenvalue weighted by molar-refractivity contribution is 6.31. The van der Waals surface area contributed by atoms with Crippen molar-refractivity contribution in [2.24, 2.45) is 0 Å². The van der Waals surface area contributed by atoms with Gasteiger partial charge in [0.05, 0.1) is 5.69 Å². The van der Waals surface area contributed by atoms with Gasteiger partial charge in [-0.15, -0.1) is 0 Å². The first-order valence-electron chi connectivity index (χ1n) is 7.17. The molecule has 118 valence electrons. The minimum atomic E-state index is 0.628. The Bertz CT molecular complexity index is 1010. The summed E-state index contributed by atoms with van der Waals surface area (Å²) < 4.78 is 1.87. The van der Waals surface area contributed by atoms with Gasteiger partial charge in [-0.05, 0) is 42.5 Å². The van der Waals surface area contributed by atoms with Crippen LogP contribution in [0.5, 0.6) is 0 Å². The Morgan fingerprint density at radius 1 is 0.875 bits per heavy atom. The minimum absolute atomic E-state index is 0.628. The van der Waals surface area contributed by atoms with E-state index in [0.717, 1.165) is 11.4 Å². The van der Waals surface area contributed by atoms with Gasteiger partial charge in [-0.25, -0.2) is 15.0 Å². The van der Waals surface area contributed by atoms with Crippen molar-refractivity contribution in [2.75, 3.05) is 5.32 Å². The lowest BCUT2D eigenvalue weighted by atomic mass is 10.3. The van der Waals surface area contributed by atoms with E-state index in [4.69, 9.17) is 23.2 Å². The van der Waals surface area contributed by atoms with Crippen LogP contribution in [0.1, 0.15) is 0 Å². The summed E-state index contributed by atoms with van der Waals surface area (Å²) in [5.41, 5.74) is 3.13. The van der Waals surface area contributed by atoms with Crippen LogP contribution in [0.25, 0.3) is 16.9 Å². The minimum Gasteiger partial charge on any atom is -0.338 e. The maximum absolute atomic E-state index is 6.07. The summed E-state index contributed by atoms with van der Waals surface area (Å²) in [5.74, 6) is 0.628. The van der Waals surface area contributed by atoms with Crippen molar-refractivity contribution in [3.63, 3.8) is 0 Å².